The molecular weight excluding hydrogens is 252 g/mol. The maximum Gasteiger partial charge on any atom is 0.288 e. The lowest BCUT2D eigenvalue weighted by molar-refractivity contribution is -0.464. The third kappa shape index (κ3) is 2.12. The molecule has 0 saturated carbocycles. The molecule has 0 radical (unpaired) electrons. The summed E-state index contributed by atoms with van der Waals surface area (Å²) in [7, 11) is 0. The Balaban J connectivity index is 1.74. The second-order valence-corrected chi connectivity index (χ2v) is 6.53. The van der Waals surface area contributed by atoms with Crippen molar-refractivity contribution in [2.45, 2.75) is 26.2 Å². The van der Waals surface area contributed by atoms with E-state index in [4.69, 9.17) is 14.2 Å². The Labute approximate surface area is 110 Å². The van der Waals surface area contributed by atoms with Crippen LogP contribution in [-0.2, 0) is 20.6 Å². The minimum atomic E-state index is -0.934. The van der Waals surface area contributed by atoms with E-state index >= 15 is 0 Å². The lowest BCUT2D eigenvalue weighted by atomic mass is 9.91. The first-order valence-corrected chi connectivity index (χ1v) is 6.84. The molecule has 3 saturated heterocycles. The summed E-state index contributed by atoms with van der Waals surface area (Å²) < 4.78 is 17.2. The summed E-state index contributed by atoms with van der Waals surface area (Å²) in [5.74, 6) is -0.845. The fourth-order valence-electron chi connectivity index (χ4n) is 2.13. The highest BCUT2D eigenvalue weighted by molar-refractivity contribution is 7.14. The molecule has 0 aliphatic carbocycles. The molecule has 1 aromatic heterocycles. The molecule has 0 aromatic carbocycles. The van der Waals surface area contributed by atoms with Crippen LogP contribution in [-0.4, -0.2) is 31.6 Å². The number of thiophene rings is 1. The van der Waals surface area contributed by atoms with E-state index in [2.05, 4.69) is 6.92 Å². The number of carbonyl (C=O) groups excluding carboxylic acids is 1. The molecule has 0 amide bonds. The summed E-state index contributed by atoms with van der Waals surface area (Å²) in [4.78, 5) is 13.1. The van der Waals surface area contributed by atoms with Gasteiger partial charge in [0.1, 0.15) is 0 Å². The Kier molecular flexibility index (Phi) is 2.82. The summed E-state index contributed by atoms with van der Waals surface area (Å²) in [6, 6.07) is 3.78. The number of hydrogen-bond acceptors (Lipinski definition) is 5. The van der Waals surface area contributed by atoms with E-state index in [1.807, 2.05) is 12.1 Å². The molecule has 0 atom stereocenters. The molecule has 98 valence electrons. The van der Waals surface area contributed by atoms with Crippen molar-refractivity contribution in [1.82, 2.24) is 0 Å². The second-order valence-electron chi connectivity index (χ2n) is 5.36. The van der Waals surface area contributed by atoms with Crippen LogP contribution >= 0.6 is 11.3 Å². The first-order valence-electron chi connectivity index (χ1n) is 6.02. The molecule has 0 unspecified atom stereocenters. The van der Waals surface area contributed by atoms with Gasteiger partial charge < -0.3 is 14.2 Å². The van der Waals surface area contributed by atoms with Gasteiger partial charge in [0.2, 0.25) is 0 Å². The van der Waals surface area contributed by atoms with Crippen LogP contribution in [0.1, 0.15) is 28.4 Å². The Bertz CT molecular complexity index is 455. The first-order chi connectivity index (χ1) is 8.50. The van der Waals surface area contributed by atoms with Crippen molar-refractivity contribution in [1.29, 1.82) is 0 Å². The first kappa shape index (κ1) is 12.3. The minimum Gasteiger partial charge on any atom is -0.326 e. The van der Waals surface area contributed by atoms with Gasteiger partial charge in [-0.2, -0.15) is 0 Å². The quantitative estimate of drug-likeness (QED) is 0.789. The number of fused-ring (bicyclic) bond motifs is 3. The van der Waals surface area contributed by atoms with E-state index in [0.29, 0.717) is 26.2 Å². The average molecular weight is 268 g/mol. The topological polar surface area (TPSA) is 44.8 Å². The van der Waals surface area contributed by atoms with Crippen LogP contribution in [0.4, 0.5) is 0 Å². The minimum absolute atomic E-state index is 0.0122. The van der Waals surface area contributed by atoms with Crippen molar-refractivity contribution in [3.05, 3.63) is 21.9 Å². The number of ketones is 1. The van der Waals surface area contributed by atoms with Gasteiger partial charge in [0.25, 0.3) is 5.97 Å². The van der Waals surface area contributed by atoms with E-state index in [1.54, 1.807) is 6.92 Å². The molecule has 0 spiro atoms. The van der Waals surface area contributed by atoms with Crippen molar-refractivity contribution in [2.24, 2.45) is 5.41 Å². The average Bonchev–Trinajstić information content (AvgIpc) is 2.80. The lowest BCUT2D eigenvalue weighted by Crippen LogP contribution is -2.59. The SMILES string of the molecule is CC(=O)c1ccc(CC23OCC(C)(CO2)CO3)s1. The van der Waals surface area contributed by atoms with Gasteiger partial charge in [0.05, 0.1) is 31.1 Å². The van der Waals surface area contributed by atoms with Gasteiger partial charge in [-0.1, -0.05) is 6.92 Å². The maximum absolute atomic E-state index is 11.3. The van der Waals surface area contributed by atoms with Crippen LogP contribution < -0.4 is 0 Å². The van der Waals surface area contributed by atoms with Crippen LogP contribution in [0.15, 0.2) is 12.1 Å². The third-order valence-corrected chi connectivity index (χ3v) is 4.51. The molecule has 4 heterocycles. The highest BCUT2D eigenvalue weighted by atomic mass is 32.1. The fraction of sp³-hybridized carbons (Fsp3) is 0.615. The Morgan fingerprint density at radius 3 is 2.39 bits per heavy atom. The van der Waals surface area contributed by atoms with E-state index in [0.717, 1.165) is 9.75 Å². The zero-order valence-electron chi connectivity index (χ0n) is 10.5. The second kappa shape index (κ2) is 4.13. The van der Waals surface area contributed by atoms with Crippen molar-refractivity contribution >= 4 is 17.1 Å². The predicted molar refractivity (Wildman–Crippen MR) is 66.7 cm³/mol. The normalized spacial score (nSPS) is 34.8. The van der Waals surface area contributed by atoms with Crippen LogP contribution in [0.3, 0.4) is 0 Å². The number of carbonyl (C=O) groups is 1. The van der Waals surface area contributed by atoms with Crippen molar-refractivity contribution < 1.29 is 19.0 Å². The summed E-state index contributed by atoms with van der Waals surface area (Å²) >= 11 is 1.48. The van der Waals surface area contributed by atoms with Crippen molar-refractivity contribution in [3.63, 3.8) is 0 Å². The number of Topliss-reactive ketones (excluding diaryl/α,β-unsaturated/α-hetero) is 1. The summed E-state index contributed by atoms with van der Waals surface area (Å²) in [5.41, 5.74) is -0.0122. The van der Waals surface area contributed by atoms with Crippen molar-refractivity contribution in [2.75, 3.05) is 19.8 Å². The van der Waals surface area contributed by atoms with E-state index < -0.39 is 5.97 Å². The van der Waals surface area contributed by atoms with Gasteiger partial charge >= 0.3 is 0 Å². The summed E-state index contributed by atoms with van der Waals surface area (Å²) in [6.45, 7) is 5.66. The standard InChI is InChI=1S/C13H16O4S/c1-9(14)11-4-3-10(18-11)5-13-15-6-12(2,7-16-13)8-17-13/h3-4H,5-8H2,1-2H3. The molecule has 18 heavy (non-hydrogen) atoms. The van der Waals surface area contributed by atoms with Gasteiger partial charge in [-0.05, 0) is 19.1 Å². The van der Waals surface area contributed by atoms with Gasteiger partial charge in [-0.15, -0.1) is 11.3 Å². The van der Waals surface area contributed by atoms with E-state index in [-0.39, 0.29) is 11.2 Å². The number of ether oxygens (including phenoxy) is 3. The largest absolute Gasteiger partial charge is 0.326 e. The van der Waals surface area contributed by atoms with Gasteiger partial charge in [-0.25, -0.2) is 0 Å². The molecule has 2 bridgehead atoms. The van der Waals surface area contributed by atoms with Crippen LogP contribution in [0, 0.1) is 5.41 Å². The smallest absolute Gasteiger partial charge is 0.288 e. The Morgan fingerprint density at radius 2 is 1.89 bits per heavy atom. The van der Waals surface area contributed by atoms with E-state index in [1.165, 1.54) is 11.3 Å². The van der Waals surface area contributed by atoms with Crippen LogP contribution in [0.5, 0.6) is 0 Å². The molecule has 3 aliphatic heterocycles. The van der Waals surface area contributed by atoms with Crippen LogP contribution in [0.2, 0.25) is 0 Å². The molecule has 0 N–H and O–H groups in total. The van der Waals surface area contributed by atoms with Gasteiger partial charge in [-0.3, -0.25) is 4.79 Å². The maximum atomic E-state index is 11.3. The predicted octanol–water partition coefficient (Wildman–Crippen LogP) is 2.23. The number of hydrogen-bond donors (Lipinski definition) is 0. The fourth-order valence-corrected chi connectivity index (χ4v) is 3.08. The molecule has 1 aromatic rings. The Hall–Kier alpha value is -0.750. The summed E-state index contributed by atoms with van der Waals surface area (Å²) in [5, 5.41) is 0. The number of rotatable bonds is 3. The molecule has 4 nitrogen and oxygen atoms in total. The molecule has 3 fully saturated rings. The Morgan fingerprint density at radius 1 is 1.28 bits per heavy atom. The molecule has 3 aliphatic rings. The highest BCUT2D eigenvalue weighted by Crippen LogP contribution is 2.40. The van der Waals surface area contributed by atoms with Gasteiger partial charge in [0.15, 0.2) is 5.78 Å². The van der Waals surface area contributed by atoms with Crippen LogP contribution in [0.25, 0.3) is 0 Å². The zero-order chi connectivity index (χ0) is 12.8. The molecule has 5 heteroatoms. The monoisotopic (exact) mass is 268 g/mol. The third-order valence-electron chi connectivity index (χ3n) is 3.32. The highest BCUT2D eigenvalue weighted by Gasteiger charge is 2.50. The van der Waals surface area contributed by atoms with Crippen molar-refractivity contribution in [3.8, 4) is 0 Å². The van der Waals surface area contributed by atoms with Gasteiger partial charge in [0, 0.05) is 10.3 Å². The molecular formula is C13H16O4S. The zero-order valence-corrected chi connectivity index (χ0v) is 11.3. The summed E-state index contributed by atoms with van der Waals surface area (Å²) in [6.07, 6.45) is 0.543. The lowest BCUT2D eigenvalue weighted by Gasteiger charge is -2.50. The van der Waals surface area contributed by atoms with E-state index in [9.17, 15) is 4.79 Å². The molecule has 4 rings (SSSR count).